The molecule has 0 radical (unpaired) electrons. The first-order chi connectivity index (χ1) is 18.6. The highest BCUT2D eigenvalue weighted by Crippen LogP contribution is 2.42. The number of nitrogens with one attached hydrogen (secondary N) is 1. The number of morpholine rings is 1. The Bertz CT molecular complexity index is 1370. The number of sulfonamides is 1. The Kier molecular flexibility index (Phi) is 8.79. The van der Waals surface area contributed by atoms with Gasteiger partial charge in [-0.1, -0.05) is 56.3 Å². The van der Waals surface area contributed by atoms with Crippen LogP contribution in [0.25, 0.3) is 0 Å². The van der Waals surface area contributed by atoms with E-state index in [0.717, 1.165) is 54.4 Å². The Hall–Kier alpha value is -3.20. The Morgan fingerprint density at radius 1 is 0.897 bits per heavy atom. The van der Waals surface area contributed by atoms with Crippen LogP contribution in [-0.4, -0.2) is 46.2 Å². The van der Waals surface area contributed by atoms with Crippen molar-refractivity contribution < 1.29 is 17.9 Å². The van der Waals surface area contributed by atoms with E-state index in [0.29, 0.717) is 6.54 Å². The first kappa shape index (κ1) is 28.8. The Balaban J connectivity index is 0.00000172. The van der Waals surface area contributed by atoms with Gasteiger partial charge in [-0.2, -0.15) is 0 Å². The van der Waals surface area contributed by atoms with Crippen LogP contribution in [0.4, 0.5) is 11.4 Å². The molecule has 5 rings (SSSR count). The molecule has 0 aromatic heterocycles. The molecule has 2 aliphatic heterocycles. The molecule has 0 bridgehead atoms. The highest BCUT2D eigenvalue weighted by Gasteiger charge is 2.38. The van der Waals surface area contributed by atoms with Gasteiger partial charge in [-0.05, 0) is 67.8 Å². The quantitative estimate of drug-likeness (QED) is 0.451. The summed E-state index contributed by atoms with van der Waals surface area (Å²) in [4.78, 5) is 18.0. The van der Waals surface area contributed by atoms with Gasteiger partial charge < -0.3 is 14.5 Å². The summed E-state index contributed by atoms with van der Waals surface area (Å²) in [6.07, 6.45) is 0. The van der Waals surface area contributed by atoms with E-state index in [4.69, 9.17) is 4.74 Å². The van der Waals surface area contributed by atoms with Crippen LogP contribution < -0.4 is 14.5 Å². The molecule has 1 fully saturated rings. The Morgan fingerprint density at radius 2 is 1.51 bits per heavy atom. The molecular formula is C31H39N3O4S. The largest absolute Gasteiger partial charge is 0.378 e. The average Bonchev–Trinajstić information content (AvgIpc) is 3.20. The summed E-state index contributed by atoms with van der Waals surface area (Å²) in [5, 5.41) is 0. The van der Waals surface area contributed by atoms with Crippen LogP contribution in [-0.2, 0) is 26.1 Å². The van der Waals surface area contributed by atoms with Gasteiger partial charge >= 0.3 is 0 Å². The van der Waals surface area contributed by atoms with E-state index in [1.54, 1.807) is 45.0 Å². The van der Waals surface area contributed by atoms with Crippen LogP contribution in [0.3, 0.4) is 0 Å². The van der Waals surface area contributed by atoms with Crippen molar-refractivity contribution in [1.82, 2.24) is 4.72 Å². The average molecular weight is 550 g/mol. The van der Waals surface area contributed by atoms with Crippen LogP contribution in [0.2, 0.25) is 0 Å². The molecule has 1 amide bonds. The summed E-state index contributed by atoms with van der Waals surface area (Å²) in [6, 6.07) is 22.8. The molecular weight excluding hydrogens is 510 g/mol. The van der Waals surface area contributed by atoms with Gasteiger partial charge in [-0.3, -0.25) is 4.79 Å². The number of ether oxygens (including phenoxy) is 1. The minimum atomic E-state index is -3.65. The monoisotopic (exact) mass is 549 g/mol. The molecule has 7 nitrogen and oxygen atoms in total. The van der Waals surface area contributed by atoms with E-state index < -0.39 is 21.5 Å². The second-order valence-corrected chi connectivity index (χ2v) is 12.3. The van der Waals surface area contributed by atoms with Crippen molar-refractivity contribution in [3.63, 3.8) is 0 Å². The van der Waals surface area contributed by atoms with E-state index in [9.17, 15) is 13.2 Å². The molecule has 2 heterocycles. The Morgan fingerprint density at radius 3 is 2.13 bits per heavy atom. The number of carbonyl (C=O) groups is 1. The van der Waals surface area contributed by atoms with E-state index >= 15 is 0 Å². The zero-order valence-electron chi connectivity index (χ0n) is 23.5. The molecule has 39 heavy (non-hydrogen) atoms. The number of para-hydroxylation sites is 1. The van der Waals surface area contributed by atoms with Crippen molar-refractivity contribution in [2.24, 2.45) is 0 Å². The van der Waals surface area contributed by atoms with Crippen LogP contribution in [0, 0.1) is 0 Å². The number of nitrogens with zero attached hydrogens (tertiary/aromatic N) is 2. The first-order valence-electron chi connectivity index (χ1n) is 13.6. The van der Waals surface area contributed by atoms with Gasteiger partial charge in [-0.15, -0.1) is 0 Å². The van der Waals surface area contributed by atoms with Gasteiger partial charge in [0.05, 0.1) is 30.6 Å². The number of benzene rings is 3. The van der Waals surface area contributed by atoms with Crippen LogP contribution in [0.15, 0.2) is 77.7 Å². The molecule has 0 aliphatic carbocycles. The zero-order chi connectivity index (χ0) is 28.2. The number of rotatable bonds is 6. The molecule has 1 atom stereocenters. The summed E-state index contributed by atoms with van der Waals surface area (Å²) in [5.74, 6) is -0.488. The summed E-state index contributed by atoms with van der Waals surface area (Å²) >= 11 is 0. The van der Waals surface area contributed by atoms with Gasteiger partial charge in [0, 0.05) is 30.0 Å². The third kappa shape index (κ3) is 6.52. The Labute approximate surface area is 232 Å². The van der Waals surface area contributed by atoms with Gasteiger partial charge in [-0.25, -0.2) is 13.1 Å². The number of anilines is 2. The second kappa shape index (κ2) is 11.9. The lowest BCUT2D eigenvalue weighted by molar-refractivity contribution is -0.118. The second-order valence-electron chi connectivity index (χ2n) is 10.6. The van der Waals surface area contributed by atoms with Crippen LogP contribution in [0.5, 0.6) is 0 Å². The maximum atomic E-state index is 13.7. The number of carbonyl (C=O) groups excluding carboxylic acids is 1. The normalized spacial score (nSPS) is 17.5. The zero-order valence-corrected chi connectivity index (χ0v) is 24.3. The fraction of sp³-hybridized carbons (Fsp3) is 0.387. The lowest BCUT2D eigenvalue weighted by atomic mass is 9.93. The predicted molar refractivity (Wildman–Crippen MR) is 157 cm³/mol. The molecule has 0 spiro atoms. The van der Waals surface area contributed by atoms with Crippen molar-refractivity contribution in [2.45, 2.75) is 57.5 Å². The molecule has 3 aromatic rings. The van der Waals surface area contributed by atoms with Crippen molar-refractivity contribution in [1.29, 1.82) is 0 Å². The molecule has 1 N–H and O–H groups in total. The summed E-state index contributed by atoms with van der Waals surface area (Å²) < 4.78 is 33.6. The van der Waals surface area contributed by atoms with Gasteiger partial charge in [0.2, 0.25) is 15.9 Å². The van der Waals surface area contributed by atoms with Gasteiger partial charge in [0.1, 0.15) is 0 Å². The van der Waals surface area contributed by atoms with Gasteiger partial charge in [0.25, 0.3) is 0 Å². The maximum absolute atomic E-state index is 13.7. The van der Waals surface area contributed by atoms with Crippen molar-refractivity contribution in [3.05, 3.63) is 89.5 Å². The standard InChI is InChI=1S/C29H33N3O4S.C2H6/c1-29(2,3)30-37(34,35)24-14-10-22(11-15-24)27-25-6-4-5-7-26(25)32(28(27)33)20-21-8-12-23(13-9-21)31-16-18-36-19-17-31;1-2/h4-15,27,30H,16-20H2,1-3H3;1-2H3. The summed E-state index contributed by atoms with van der Waals surface area (Å²) in [6.45, 7) is 13.1. The molecule has 1 unspecified atom stereocenters. The fourth-order valence-electron chi connectivity index (χ4n) is 4.99. The first-order valence-corrected chi connectivity index (χ1v) is 15.1. The minimum absolute atomic E-state index is 0.0121. The maximum Gasteiger partial charge on any atom is 0.241 e. The third-order valence-electron chi connectivity index (χ3n) is 6.67. The van der Waals surface area contributed by atoms with E-state index in [1.807, 2.05) is 43.0 Å². The highest BCUT2D eigenvalue weighted by molar-refractivity contribution is 7.89. The molecule has 208 valence electrons. The topological polar surface area (TPSA) is 79.0 Å². The lowest BCUT2D eigenvalue weighted by Gasteiger charge is -2.29. The smallest absolute Gasteiger partial charge is 0.241 e. The van der Waals surface area contributed by atoms with Crippen LogP contribution >= 0.6 is 0 Å². The minimum Gasteiger partial charge on any atom is -0.378 e. The number of amides is 1. The predicted octanol–water partition coefficient (Wildman–Crippen LogP) is 5.30. The summed E-state index contributed by atoms with van der Waals surface area (Å²) in [7, 11) is -3.65. The van der Waals surface area contributed by atoms with Crippen LogP contribution in [0.1, 0.15) is 57.2 Å². The molecule has 2 aliphatic rings. The van der Waals surface area contributed by atoms with Crippen molar-refractivity contribution >= 4 is 27.3 Å². The molecule has 1 saturated heterocycles. The number of hydrogen-bond acceptors (Lipinski definition) is 5. The van der Waals surface area contributed by atoms with E-state index in [2.05, 4.69) is 33.9 Å². The highest BCUT2D eigenvalue weighted by atomic mass is 32.2. The van der Waals surface area contributed by atoms with Crippen molar-refractivity contribution in [3.8, 4) is 0 Å². The lowest BCUT2D eigenvalue weighted by Crippen LogP contribution is -2.40. The van der Waals surface area contributed by atoms with E-state index in [1.165, 1.54) is 0 Å². The fourth-order valence-corrected chi connectivity index (χ4v) is 6.41. The summed E-state index contributed by atoms with van der Waals surface area (Å²) in [5.41, 5.74) is 4.22. The molecule has 3 aromatic carbocycles. The number of fused-ring (bicyclic) bond motifs is 1. The molecule has 8 heteroatoms. The SMILES string of the molecule is CC.CC(C)(C)NS(=O)(=O)c1ccc(C2C(=O)N(Cc3ccc(N4CCOCC4)cc3)c3ccccc32)cc1. The van der Waals surface area contributed by atoms with Crippen molar-refractivity contribution in [2.75, 3.05) is 36.1 Å². The number of hydrogen-bond donors (Lipinski definition) is 1. The van der Waals surface area contributed by atoms with Gasteiger partial charge in [0.15, 0.2) is 0 Å². The van der Waals surface area contributed by atoms with E-state index in [-0.39, 0.29) is 10.8 Å². The third-order valence-corrected chi connectivity index (χ3v) is 8.44. The molecule has 0 saturated carbocycles.